The normalized spacial score (nSPS) is 12.5. The quantitative estimate of drug-likeness (QED) is 0.515. The number of anilines is 2. The van der Waals surface area contributed by atoms with Gasteiger partial charge >= 0.3 is 6.09 Å². The molecule has 0 aliphatic carbocycles. The van der Waals surface area contributed by atoms with Gasteiger partial charge in [-0.1, -0.05) is 6.07 Å². The van der Waals surface area contributed by atoms with Crippen LogP contribution in [0.25, 0.3) is 16.9 Å². The monoisotopic (exact) mass is 443 g/mol. The van der Waals surface area contributed by atoms with E-state index in [1.54, 1.807) is 42.7 Å². The molecule has 4 heterocycles. The van der Waals surface area contributed by atoms with E-state index in [-0.39, 0.29) is 5.91 Å². The molecule has 2 amide bonds. The van der Waals surface area contributed by atoms with Gasteiger partial charge in [-0.25, -0.2) is 14.8 Å². The molecule has 1 aliphatic heterocycles. The van der Waals surface area contributed by atoms with Crippen LogP contribution in [-0.4, -0.2) is 47.1 Å². The lowest BCUT2D eigenvalue weighted by Crippen LogP contribution is -2.29. The summed E-state index contributed by atoms with van der Waals surface area (Å²) in [6.45, 7) is 0.620. The van der Waals surface area contributed by atoms with Crippen molar-refractivity contribution in [2.45, 2.75) is 6.42 Å². The van der Waals surface area contributed by atoms with Crippen molar-refractivity contribution in [3.63, 3.8) is 0 Å². The first-order chi connectivity index (χ1) is 16.1. The van der Waals surface area contributed by atoms with Crippen molar-refractivity contribution in [1.82, 2.24) is 14.4 Å². The van der Waals surface area contributed by atoms with E-state index in [2.05, 4.69) is 20.0 Å². The molecule has 0 bridgehead atoms. The summed E-state index contributed by atoms with van der Waals surface area (Å²) in [7, 11) is 2.91. The van der Waals surface area contributed by atoms with Gasteiger partial charge in [0.15, 0.2) is 0 Å². The van der Waals surface area contributed by atoms with Gasteiger partial charge in [0.2, 0.25) is 0 Å². The number of carbonyl (C=O) groups is 2. The number of hydrogen-bond acceptors (Lipinski definition) is 6. The Morgan fingerprint density at radius 3 is 2.67 bits per heavy atom. The average Bonchev–Trinajstić information content (AvgIpc) is 3.47. The molecule has 0 saturated heterocycles. The first kappa shape index (κ1) is 20.5. The van der Waals surface area contributed by atoms with Crippen molar-refractivity contribution in [2.75, 3.05) is 31.0 Å². The summed E-state index contributed by atoms with van der Waals surface area (Å²) in [5.41, 5.74) is 4.83. The number of carbonyl (C=O) groups excluding carboxylic acids is 2. The number of aromatic nitrogens is 3. The SMILES string of the molecule is COC(=O)Nc1ccc(-c2cnc3ccc(C(=O)N4CCc5ccc(OC)cc54)cn23)cn1. The lowest BCUT2D eigenvalue weighted by molar-refractivity contribution is 0.0989. The van der Waals surface area contributed by atoms with Crippen molar-refractivity contribution >= 4 is 29.2 Å². The van der Waals surface area contributed by atoms with Crippen LogP contribution in [-0.2, 0) is 11.2 Å². The van der Waals surface area contributed by atoms with Crippen LogP contribution in [0.2, 0.25) is 0 Å². The van der Waals surface area contributed by atoms with Gasteiger partial charge in [0, 0.05) is 30.6 Å². The molecule has 33 heavy (non-hydrogen) atoms. The summed E-state index contributed by atoms with van der Waals surface area (Å²) >= 11 is 0. The number of pyridine rings is 2. The summed E-state index contributed by atoms with van der Waals surface area (Å²) in [5, 5.41) is 2.52. The minimum absolute atomic E-state index is 0.0840. The van der Waals surface area contributed by atoms with E-state index in [4.69, 9.17) is 4.74 Å². The zero-order valence-corrected chi connectivity index (χ0v) is 18.1. The third kappa shape index (κ3) is 3.73. The molecule has 9 nitrogen and oxygen atoms in total. The Balaban J connectivity index is 1.46. The van der Waals surface area contributed by atoms with Gasteiger partial charge in [-0.05, 0) is 42.3 Å². The number of benzene rings is 1. The fourth-order valence-corrected chi connectivity index (χ4v) is 3.95. The van der Waals surface area contributed by atoms with Gasteiger partial charge in [0.05, 0.1) is 37.4 Å². The highest BCUT2D eigenvalue weighted by atomic mass is 16.5. The Labute approximate surface area is 189 Å². The van der Waals surface area contributed by atoms with Crippen LogP contribution < -0.4 is 15.0 Å². The molecule has 1 aliphatic rings. The number of ether oxygens (including phenoxy) is 2. The number of nitrogens with zero attached hydrogens (tertiary/aromatic N) is 4. The molecule has 0 radical (unpaired) electrons. The molecule has 1 aromatic carbocycles. The second-order valence-corrected chi connectivity index (χ2v) is 7.54. The molecule has 9 heteroatoms. The van der Waals surface area contributed by atoms with Crippen molar-refractivity contribution in [1.29, 1.82) is 0 Å². The third-order valence-electron chi connectivity index (χ3n) is 5.66. The van der Waals surface area contributed by atoms with E-state index >= 15 is 0 Å². The fraction of sp³-hybridized carbons (Fsp3) is 0.167. The largest absolute Gasteiger partial charge is 0.497 e. The van der Waals surface area contributed by atoms with Crippen molar-refractivity contribution in [2.24, 2.45) is 0 Å². The topological polar surface area (TPSA) is 98.1 Å². The maximum atomic E-state index is 13.4. The molecule has 0 atom stereocenters. The number of rotatable bonds is 4. The van der Waals surface area contributed by atoms with Crippen molar-refractivity contribution in [3.05, 3.63) is 72.2 Å². The van der Waals surface area contributed by atoms with Gasteiger partial charge in [-0.2, -0.15) is 0 Å². The highest BCUT2D eigenvalue weighted by molar-refractivity contribution is 6.07. The summed E-state index contributed by atoms with van der Waals surface area (Å²) in [5.74, 6) is 1.01. The lowest BCUT2D eigenvalue weighted by atomic mass is 10.1. The maximum Gasteiger partial charge on any atom is 0.412 e. The van der Waals surface area contributed by atoms with Crippen LogP contribution in [0.1, 0.15) is 15.9 Å². The molecule has 1 N–H and O–H groups in total. The molecule has 4 aromatic rings. The Kier molecular flexibility index (Phi) is 5.14. The van der Waals surface area contributed by atoms with Gasteiger partial charge in [-0.3, -0.25) is 14.5 Å². The zero-order chi connectivity index (χ0) is 22.9. The van der Waals surface area contributed by atoms with Crippen LogP contribution in [0.5, 0.6) is 5.75 Å². The van der Waals surface area contributed by atoms with Crippen LogP contribution in [0.4, 0.5) is 16.3 Å². The van der Waals surface area contributed by atoms with Gasteiger partial charge < -0.3 is 14.4 Å². The Hall–Kier alpha value is -4.40. The predicted molar refractivity (Wildman–Crippen MR) is 123 cm³/mol. The van der Waals surface area contributed by atoms with E-state index in [0.29, 0.717) is 23.6 Å². The Bertz CT molecular complexity index is 1360. The summed E-state index contributed by atoms with van der Waals surface area (Å²) in [6, 6.07) is 12.9. The number of methoxy groups -OCH3 is 2. The van der Waals surface area contributed by atoms with Crippen molar-refractivity contribution < 1.29 is 19.1 Å². The van der Waals surface area contributed by atoms with E-state index in [0.717, 1.165) is 34.7 Å². The smallest absolute Gasteiger partial charge is 0.412 e. The van der Waals surface area contributed by atoms with Gasteiger partial charge in [0.1, 0.15) is 17.2 Å². The third-order valence-corrected chi connectivity index (χ3v) is 5.66. The minimum atomic E-state index is -0.589. The molecular weight excluding hydrogens is 422 g/mol. The number of amides is 2. The highest BCUT2D eigenvalue weighted by Gasteiger charge is 2.26. The Morgan fingerprint density at radius 2 is 1.91 bits per heavy atom. The van der Waals surface area contributed by atoms with E-state index < -0.39 is 6.09 Å². The van der Waals surface area contributed by atoms with E-state index in [1.807, 2.05) is 34.7 Å². The summed E-state index contributed by atoms with van der Waals surface area (Å²) < 4.78 is 11.8. The highest BCUT2D eigenvalue weighted by Crippen LogP contribution is 2.33. The molecular formula is C24H21N5O4. The van der Waals surface area contributed by atoms with Crippen LogP contribution in [0, 0.1) is 0 Å². The molecule has 5 rings (SSSR count). The second kappa shape index (κ2) is 8.27. The fourth-order valence-electron chi connectivity index (χ4n) is 3.95. The molecule has 0 fully saturated rings. The molecule has 166 valence electrons. The number of fused-ring (bicyclic) bond motifs is 2. The molecule has 0 unspecified atom stereocenters. The Morgan fingerprint density at radius 1 is 1.03 bits per heavy atom. The van der Waals surface area contributed by atoms with Crippen LogP contribution >= 0.6 is 0 Å². The standard InChI is InChI=1S/C24H21N5O4/c1-32-18-6-3-15-9-10-28(19(15)11-18)23(30)17-5-8-22-26-13-20(29(22)14-17)16-4-7-21(25-12-16)27-24(31)33-2/h3-8,11-14H,9-10H2,1-2H3,(H,25,27,31). The molecule has 0 saturated carbocycles. The predicted octanol–water partition coefficient (Wildman–Crippen LogP) is 3.79. The molecule has 0 spiro atoms. The number of imidazole rings is 1. The average molecular weight is 443 g/mol. The van der Waals surface area contributed by atoms with Crippen LogP contribution in [0.3, 0.4) is 0 Å². The van der Waals surface area contributed by atoms with Gasteiger partial charge in [-0.15, -0.1) is 0 Å². The van der Waals surface area contributed by atoms with E-state index in [9.17, 15) is 9.59 Å². The maximum absolute atomic E-state index is 13.4. The zero-order valence-electron chi connectivity index (χ0n) is 18.1. The van der Waals surface area contributed by atoms with Crippen molar-refractivity contribution in [3.8, 4) is 17.0 Å². The first-order valence-corrected chi connectivity index (χ1v) is 10.3. The van der Waals surface area contributed by atoms with Crippen LogP contribution in [0.15, 0.2) is 61.1 Å². The van der Waals surface area contributed by atoms with Gasteiger partial charge in [0.25, 0.3) is 5.91 Å². The lowest BCUT2D eigenvalue weighted by Gasteiger charge is -2.18. The minimum Gasteiger partial charge on any atom is -0.497 e. The molecule has 3 aromatic heterocycles. The number of nitrogens with one attached hydrogen (secondary N) is 1. The first-order valence-electron chi connectivity index (χ1n) is 10.3. The summed E-state index contributed by atoms with van der Waals surface area (Å²) in [4.78, 5) is 35.2. The number of hydrogen-bond donors (Lipinski definition) is 1. The summed E-state index contributed by atoms with van der Waals surface area (Å²) in [6.07, 6.45) is 5.37. The second-order valence-electron chi connectivity index (χ2n) is 7.54. The van der Waals surface area contributed by atoms with E-state index in [1.165, 1.54) is 7.11 Å².